The minimum Gasteiger partial charge on any atom is -0.477 e. The molecule has 0 aliphatic carbocycles. The first kappa shape index (κ1) is 36.2. The minimum absolute atomic E-state index is 0. The number of nitrogens with two attached hydrogens (primary N) is 4. The standard InChI is InChI=1S/C21H18N8O5.C10H12N2O3.CH4/c22-14-15(17(31)16(14)30)28-4-3-10-2-1-9(5-11(10)8-28)7-24-18(32)12-6-13(19(33)34)29-21(25-12)26-20(23)27-29;1-15-10(14)7-4-2-6(3-5-7)8(11)9(12)13;/h1-2,5-6H,3-4,7-8,22H2,(H2,23,27)(H,24,32)(H,33,34);2-5,8H,11H2,1H3,(H2,12,13);1H4/t;8-;/m.1./s1. The maximum atomic E-state index is 12.7. The van der Waals surface area contributed by atoms with Crippen LogP contribution < -0.4 is 44.0 Å². The number of carbonyl (C=O) groups is 4. The number of nitrogens with zero attached hydrogens (tertiary/aromatic N) is 5. The second-order valence-corrected chi connectivity index (χ2v) is 10.9. The van der Waals surface area contributed by atoms with Gasteiger partial charge in [-0.1, -0.05) is 37.8 Å². The van der Waals surface area contributed by atoms with Crippen molar-refractivity contribution in [2.45, 2.75) is 33.0 Å². The molecule has 6 rings (SSSR count). The Bertz CT molecular complexity index is 2190. The highest BCUT2D eigenvalue weighted by molar-refractivity contribution is 5.96. The van der Waals surface area contributed by atoms with E-state index in [4.69, 9.17) is 22.9 Å². The van der Waals surface area contributed by atoms with Crippen LogP contribution in [0.1, 0.15) is 67.1 Å². The third-order valence-corrected chi connectivity index (χ3v) is 7.75. The van der Waals surface area contributed by atoms with E-state index < -0.39 is 40.7 Å². The number of carboxylic acids is 1. The van der Waals surface area contributed by atoms with E-state index in [1.165, 1.54) is 19.2 Å². The summed E-state index contributed by atoms with van der Waals surface area (Å²) in [7, 11) is 1.30. The molecule has 0 bridgehead atoms. The number of carbonyl (C=O) groups excluding carboxylic acids is 3. The molecule has 0 unspecified atom stereocenters. The molecule has 1 aliphatic rings. The van der Waals surface area contributed by atoms with Gasteiger partial charge in [0.25, 0.3) is 22.5 Å². The van der Waals surface area contributed by atoms with Gasteiger partial charge in [0.2, 0.25) is 11.9 Å². The average molecular weight is 687 g/mol. The number of aromatic nitrogens is 4. The minimum atomic E-state index is -1.31. The van der Waals surface area contributed by atoms with Gasteiger partial charge in [0.05, 0.1) is 12.7 Å². The van der Waals surface area contributed by atoms with Crippen molar-refractivity contribution in [3.8, 4) is 0 Å². The first-order valence-electron chi connectivity index (χ1n) is 14.5. The number of aromatic carboxylic acids is 1. The monoisotopic (exact) mass is 686 g/mol. The molecule has 0 saturated carbocycles. The van der Waals surface area contributed by atoms with Crippen LogP contribution in [-0.4, -0.2) is 62.1 Å². The predicted octanol–water partition coefficient (Wildman–Crippen LogP) is -0.330. The molecule has 0 spiro atoms. The fraction of sp³-hybridized carbons (Fsp3) is 0.219. The van der Waals surface area contributed by atoms with Crippen LogP contribution in [0.15, 0.2) is 58.1 Å². The molecular formula is C32H34N10O8. The largest absolute Gasteiger partial charge is 0.477 e. The zero-order chi connectivity index (χ0) is 35.6. The number of amides is 2. The van der Waals surface area contributed by atoms with E-state index in [9.17, 15) is 33.9 Å². The Labute approximate surface area is 283 Å². The Balaban J connectivity index is 0.000000297. The molecule has 3 aromatic carbocycles. The number of methoxy groups -OCH3 is 1. The van der Waals surface area contributed by atoms with Crippen LogP contribution in [0, 0.1) is 0 Å². The molecule has 10 N–H and O–H groups in total. The number of nitrogens with one attached hydrogen (secondary N) is 1. The molecule has 2 amide bonds. The van der Waals surface area contributed by atoms with Crippen LogP contribution in [0.4, 0.5) is 17.3 Å². The number of rotatable bonds is 8. The molecule has 0 saturated heterocycles. The fourth-order valence-corrected chi connectivity index (χ4v) is 5.16. The number of anilines is 3. The van der Waals surface area contributed by atoms with Gasteiger partial charge >= 0.3 is 11.9 Å². The lowest BCUT2D eigenvalue weighted by Crippen LogP contribution is -2.44. The molecular weight excluding hydrogens is 652 g/mol. The van der Waals surface area contributed by atoms with Crippen LogP contribution in [0.5, 0.6) is 0 Å². The number of nitrogen functional groups attached to an aromatic ring is 2. The van der Waals surface area contributed by atoms with Crippen LogP contribution in [-0.2, 0) is 29.0 Å². The van der Waals surface area contributed by atoms with Gasteiger partial charge in [-0.15, -0.1) is 5.10 Å². The summed E-state index contributed by atoms with van der Waals surface area (Å²) in [6.45, 7) is 1.14. The van der Waals surface area contributed by atoms with E-state index >= 15 is 0 Å². The van der Waals surface area contributed by atoms with Crippen LogP contribution in [0.2, 0.25) is 0 Å². The Hall–Kier alpha value is -6.69. The third-order valence-electron chi connectivity index (χ3n) is 7.75. The highest BCUT2D eigenvalue weighted by Gasteiger charge is 2.27. The Morgan fingerprint density at radius 3 is 2.32 bits per heavy atom. The molecule has 260 valence electrons. The molecule has 18 heteroatoms. The summed E-state index contributed by atoms with van der Waals surface area (Å²) in [6.07, 6.45) is 0.684. The number of hydrogen-bond acceptors (Lipinski definition) is 14. The summed E-state index contributed by atoms with van der Waals surface area (Å²) in [5, 5.41) is 15.9. The van der Waals surface area contributed by atoms with Crippen molar-refractivity contribution >= 4 is 46.9 Å². The smallest absolute Gasteiger partial charge is 0.354 e. The lowest BCUT2D eigenvalue weighted by Gasteiger charge is -2.32. The fourth-order valence-electron chi connectivity index (χ4n) is 5.16. The Morgan fingerprint density at radius 2 is 1.70 bits per heavy atom. The molecule has 3 heterocycles. The normalized spacial score (nSPS) is 12.6. The van der Waals surface area contributed by atoms with Gasteiger partial charge in [0.1, 0.15) is 23.1 Å². The number of primary amides is 1. The highest BCUT2D eigenvalue weighted by Crippen LogP contribution is 2.26. The van der Waals surface area contributed by atoms with E-state index in [0.29, 0.717) is 30.6 Å². The van der Waals surface area contributed by atoms with Gasteiger partial charge in [-0.2, -0.15) is 9.50 Å². The van der Waals surface area contributed by atoms with Crippen molar-refractivity contribution in [3.05, 3.63) is 108 Å². The van der Waals surface area contributed by atoms with E-state index in [2.05, 4.69) is 25.1 Å². The quantitative estimate of drug-likeness (QED) is 0.0899. The average Bonchev–Trinajstić information content (AvgIpc) is 3.49. The van der Waals surface area contributed by atoms with Crippen LogP contribution in [0.3, 0.4) is 0 Å². The summed E-state index contributed by atoms with van der Waals surface area (Å²) in [5.41, 5.74) is 24.2. The van der Waals surface area contributed by atoms with Gasteiger partial charge in [-0.25, -0.2) is 14.6 Å². The van der Waals surface area contributed by atoms with E-state index in [1.54, 1.807) is 17.0 Å². The Morgan fingerprint density at radius 1 is 1.00 bits per heavy atom. The lowest BCUT2D eigenvalue weighted by atomic mass is 9.96. The van der Waals surface area contributed by atoms with Crippen molar-refractivity contribution < 1.29 is 29.0 Å². The van der Waals surface area contributed by atoms with Gasteiger partial charge < -0.3 is 43.0 Å². The molecule has 0 radical (unpaired) electrons. The van der Waals surface area contributed by atoms with Gasteiger partial charge in [0.15, 0.2) is 5.69 Å². The SMILES string of the molecule is C.COC(=O)c1ccc([C@@H](N)C(N)=O)cc1.Nc1nc2nc(C(=O)NCc3ccc4c(c3)CN(c3c(N)c(=O)c3=O)CC4)cc(C(=O)O)n2n1. The van der Waals surface area contributed by atoms with Crippen molar-refractivity contribution in [1.82, 2.24) is 24.9 Å². The molecule has 2 aromatic heterocycles. The summed E-state index contributed by atoms with van der Waals surface area (Å²) in [4.78, 5) is 79.1. The first-order chi connectivity index (χ1) is 23.3. The van der Waals surface area contributed by atoms with Crippen molar-refractivity contribution in [2.75, 3.05) is 30.0 Å². The summed E-state index contributed by atoms with van der Waals surface area (Å²) in [5.74, 6) is -3.22. The highest BCUT2D eigenvalue weighted by atomic mass is 16.5. The van der Waals surface area contributed by atoms with Gasteiger partial charge in [-0.05, 0) is 40.8 Å². The molecule has 1 aliphatic heterocycles. The van der Waals surface area contributed by atoms with E-state index in [0.717, 1.165) is 27.3 Å². The zero-order valence-corrected chi connectivity index (χ0v) is 25.9. The number of esters is 1. The number of carboxylic acid groups (broad SMARTS) is 1. The topological polar surface area (TPSA) is 294 Å². The Kier molecular flexibility index (Phi) is 10.6. The van der Waals surface area contributed by atoms with Crippen molar-refractivity contribution in [2.24, 2.45) is 11.5 Å². The molecule has 50 heavy (non-hydrogen) atoms. The molecule has 18 nitrogen and oxygen atoms in total. The molecule has 0 fully saturated rings. The predicted molar refractivity (Wildman–Crippen MR) is 181 cm³/mol. The van der Waals surface area contributed by atoms with E-state index in [1.807, 2.05) is 18.2 Å². The van der Waals surface area contributed by atoms with Crippen LogP contribution in [0.25, 0.3) is 5.78 Å². The van der Waals surface area contributed by atoms with Crippen LogP contribution >= 0.6 is 0 Å². The maximum absolute atomic E-state index is 12.7. The van der Waals surface area contributed by atoms with Gasteiger partial charge in [0, 0.05) is 25.7 Å². The number of ether oxygens (including phenoxy) is 1. The van der Waals surface area contributed by atoms with Crippen molar-refractivity contribution in [1.29, 1.82) is 0 Å². The van der Waals surface area contributed by atoms with Crippen molar-refractivity contribution in [3.63, 3.8) is 0 Å². The number of benzene rings is 2. The maximum Gasteiger partial charge on any atom is 0.354 e. The summed E-state index contributed by atoms with van der Waals surface area (Å²) in [6, 6.07) is 12.2. The van der Waals surface area contributed by atoms with E-state index in [-0.39, 0.29) is 48.5 Å². The number of hydrogen-bond donors (Lipinski definition) is 6. The zero-order valence-electron chi connectivity index (χ0n) is 25.9. The molecule has 5 aromatic rings. The van der Waals surface area contributed by atoms with Gasteiger partial charge in [-0.3, -0.25) is 19.2 Å². The lowest BCUT2D eigenvalue weighted by molar-refractivity contribution is -0.119. The summed E-state index contributed by atoms with van der Waals surface area (Å²) < 4.78 is 5.47. The number of fused-ring (bicyclic) bond motifs is 2. The second kappa shape index (κ2) is 14.6. The molecule has 1 atom stereocenters. The second-order valence-electron chi connectivity index (χ2n) is 10.9. The third kappa shape index (κ3) is 7.24. The summed E-state index contributed by atoms with van der Waals surface area (Å²) >= 11 is 0. The first-order valence-corrected chi connectivity index (χ1v) is 14.5.